The third kappa shape index (κ3) is 4.57. The Hall–Kier alpha value is -2.95. The van der Waals surface area contributed by atoms with Crippen molar-refractivity contribution in [2.24, 2.45) is 5.73 Å². The number of anilines is 1. The second-order valence-electron chi connectivity index (χ2n) is 5.57. The van der Waals surface area contributed by atoms with Gasteiger partial charge in [-0.25, -0.2) is 14.8 Å². The number of alkyl halides is 3. The van der Waals surface area contributed by atoms with Gasteiger partial charge < -0.3 is 21.5 Å². The summed E-state index contributed by atoms with van der Waals surface area (Å²) in [5.74, 6) is -2.27. The number of hydrogen-bond donors (Lipinski definition) is 3. The highest BCUT2D eigenvalue weighted by molar-refractivity contribution is 5.88. The Morgan fingerprint density at radius 2 is 2.00 bits per heavy atom. The molecule has 1 aromatic heterocycles. The fourth-order valence-corrected chi connectivity index (χ4v) is 2.36. The number of amides is 1. The Balaban J connectivity index is 0.000000298. The van der Waals surface area contributed by atoms with Crippen molar-refractivity contribution in [2.45, 2.75) is 25.2 Å². The number of nitrogen functional groups attached to an aromatic ring is 1. The minimum Gasteiger partial charge on any atom is -0.475 e. The first-order chi connectivity index (χ1) is 12.1. The Labute approximate surface area is 145 Å². The molecule has 0 spiro atoms. The summed E-state index contributed by atoms with van der Waals surface area (Å²) in [6.07, 6.45) is -2.92. The second kappa shape index (κ2) is 7.52. The first-order valence-corrected chi connectivity index (χ1v) is 7.43. The van der Waals surface area contributed by atoms with E-state index < -0.39 is 12.1 Å². The van der Waals surface area contributed by atoms with E-state index >= 15 is 0 Å². The molecule has 1 aliphatic heterocycles. The summed E-state index contributed by atoms with van der Waals surface area (Å²) in [7, 11) is 0. The fraction of sp³-hybridized carbons (Fsp3) is 0.333. The van der Waals surface area contributed by atoms with Crippen molar-refractivity contribution >= 4 is 28.6 Å². The summed E-state index contributed by atoms with van der Waals surface area (Å²) in [6.45, 7) is 1.27. The van der Waals surface area contributed by atoms with E-state index in [4.69, 9.17) is 21.4 Å². The van der Waals surface area contributed by atoms with Crippen molar-refractivity contribution in [1.82, 2.24) is 14.9 Å². The van der Waals surface area contributed by atoms with E-state index in [1.807, 2.05) is 18.2 Å². The van der Waals surface area contributed by atoms with E-state index in [2.05, 4.69) is 9.97 Å². The van der Waals surface area contributed by atoms with Gasteiger partial charge in [-0.2, -0.15) is 13.2 Å². The van der Waals surface area contributed by atoms with Gasteiger partial charge in [-0.3, -0.25) is 4.79 Å². The number of nitrogens with zero attached hydrogens (tertiary/aromatic N) is 3. The number of carbonyl (C=O) groups is 2. The number of nitrogens with two attached hydrogens (primary N) is 2. The minimum absolute atomic E-state index is 0.0160. The van der Waals surface area contributed by atoms with Gasteiger partial charge in [0.25, 0.3) is 0 Å². The molecule has 140 valence electrons. The number of aromatic nitrogens is 2. The zero-order valence-electron chi connectivity index (χ0n) is 13.4. The number of carboxylic acids is 1. The van der Waals surface area contributed by atoms with E-state index in [1.165, 1.54) is 6.33 Å². The van der Waals surface area contributed by atoms with Crippen LogP contribution in [0.1, 0.15) is 12.0 Å². The van der Waals surface area contributed by atoms with Crippen LogP contribution in [0, 0.1) is 0 Å². The number of halogens is 3. The van der Waals surface area contributed by atoms with Crippen LogP contribution >= 0.6 is 0 Å². The van der Waals surface area contributed by atoms with Gasteiger partial charge in [-0.15, -0.1) is 0 Å². The first-order valence-electron chi connectivity index (χ1n) is 7.43. The third-order valence-corrected chi connectivity index (χ3v) is 3.69. The average molecular weight is 371 g/mol. The van der Waals surface area contributed by atoms with Crippen molar-refractivity contribution in [2.75, 3.05) is 12.3 Å². The predicted molar refractivity (Wildman–Crippen MR) is 85.7 cm³/mol. The zero-order chi connectivity index (χ0) is 19.5. The largest absolute Gasteiger partial charge is 0.490 e. The molecule has 5 N–H and O–H groups in total. The smallest absolute Gasteiger partial charge is 0.475 e. The lowest BCUT2D eigenvalue weighted by Crippen LogP contribution is -2.33. The highest BCUT2D eigenvalue weighted by atomic mass is 19.4. The zero-order valence-corrected chi connectivity index (χ0v) is 13.4. The molecule has 26 heavy (non-hydrogen) atoms. The highest BCUT2D eigenvalue weighted by Crippen LogP contribution is 2.20. The number of hydrogen-bond acceptors (Lipinski definition) is 6. The summed E-state index contributed by atoms with van der Waals surface area (Å²) in [5, 5.41) is 7.95. The van der Waals surface area contributed by atoms with Crippen LogP contribution in [0.25, 0.3) is 10.9 Å². The number of benzene rings is 1. The van der Waals surface area contributed by atoms with Crippen LogP contribution in [-0.2, 0) is 16.1 Å². The van der Waals surface area contributed by atoms with Crippen LogP contribution in [-0.4, -0.2) is 50.6 Å². The highest BCUT2D eigenvalue weighted by Gasteiger charge is 2.38. The lowest BCUT2D eigenvalue weighted by molar-refractivity contribution is -0.192. The molecule has 2 aromatic rings. The van der Waals surface area contributed by atoms with Gasteiger partial charge in [0.15, 0.2) is 0 Å². The van der Waals surface area contributed by atoms with Crippen molar-refractivity contribution in [3.05, 3.63) is 30.1 Å². The normalized spacial score (nSPS) is 17.2. The SMILES string of the molecule is Nc1ncnc2cc(CN3CC[C@H](N)C3=O)ccc12.O=C(O)C(F)(F)F. The minimum atomic E-state index is -5.08. The maximum atomic E-state index is 11.8. The molecule has 1 atom stereocenters. The number of fused-ring (bicyclic) bond motifs is 1. The fourth-order valence-electron chi connectivity index (χ4n) is 2.36. The number of carboxylic acid groups (broad SMARTS) is 1. The maximum Gasteiger partial charge on any atom is 0.490 e. The van der Waals surface area contributed by atoms with Gasteiger partial charge in [-0.05, 0) is 24.1 Å². The monoisotopic (exact) mass is 371 g/mol. The van der Waals surface area contributed by atoms with Gasteiger partial charge in [0.05, 0.1) is 11.6 Å². The van der Waals surface area contributed by atoms with E-state index in [9.17, 15) is 18.0 Å². The van der Waals surface area contributed by atoms with Crippen LogP contribution in [0.2, 0.25) is 0 Å². The van der Waals surface area contributed by atoms with E-state index in [0.717, 1.165) is 22.9 Å². The molecule has 1 saturated heterocycles. The molecule has 1 fully saturated rings. The van der Waals surface area contributed by atoms with Gasteiger partial charge >= 0.3 is 12.1 Å². The summed E-state index contributed by atoms with van der Waals surface area (Å²) >= 11 is 0. The molecule has 3 rings (SSSR count). The average Bonchev–Trinajstić information content (AvgIpc) is 2.87. The van der Waals surface area contributed by atoms with Crippen LogP contribution in [0.15, 0.2) is 24.5 Å². The topological polar surface area (TPSA) is 135 Å². The van der Waals surface area contributed by atoms with Crippen molar-refractivity contribution in [3.63, 3.8) is 0 Å². The van der Waals surface area contributed by atoms with Gasteiger partial charge in [0.2, 0.25) is 5.91 Å². The van der Waals surface area contributed by atoms with E-state index in [1.54, 1.807) is 4.90 Å². The Bertz CT molecular complexity index is 828. The molecule has 0 radical (unpaired) electrons. The molecule has 1 amide bonds. The molecule has 1 aromatic carbocycles. The second-order valence-corrected chi connectivity index (χ2v) is 5.57. The Kier molecular flexibility index (Phi) is 5.60. The van der Waals surface area contributed by atoms with Crippen LogP contribution in [0.3, 0.4) is 0 Å². The molecule has 2 heterocycles. The van der Waals surface area contributed by atoms with E-state index in [0.29, 0.717) is 18.9 Å². The van der Waals surface area contributed by atoms with Gasteiger partial charge in [0.1, 0.15) is 12.1 Å². The van der Waals surface area contributed by atoms with E-state index in [-0.39, 0.29) is 11.9 Å². The van der Waals surface area contributed by atoms with Crippen molar-refractivity contribution < 1.29 is 27.9 Å². The van der Waals surface area contributed by atoms with Gasteiger partial charge in [-0.1, -0.05) is 6.07 Å². The molecular weight excluding hydrogens is 355 g/mol. The lowest BCUT2D eigenvalue weighted by Gasteiger charge is -2.16. The van der Waals surface area contributed by atoms with Gasteiger partial charge in [0, 0.05) is 18.5 Å². The quantitative estimate of drug-likeness (QED) is 0.714. The molecule has 0 aliphatic carbocycles. The lowest BCUT2D eigenvalue weighted by atomic mass is 10.1. The third-order valence-electron chi connectivity index (χ3n) is 3.69. The Morgan fingerprint density at radius 1 is 1.35 bits per heavy atom. The summed E-state index contributed by atoms with van der Waals surface area (Å²) in [5.41, 5.74) is 13.3. The first kappa shape index (κ1) is 19.4. The molecule has 0 bridgehead atoms. The maximum absolute atomic E-state index is 11.8. The molecular formula is C15H16F3N5O3. The van der Waals surface area contributed by atoms with Crippen molar-refractivity contribution in [3.8, 4) is 0 Å². The summed E-state index contributed by atoms with van der Waals surface area (Å²) < 4.78 is 31.7. The molecule has 8 nitrogen and oxygen atoms in total. The van der Waals surface area contributed by atoms with Crippen LogP contribution in [0.5, 0.6) is 0 Å². The molecule has 0 unspecified atom stereocenters. The summed E-state index contributed by atoms with van der Waals surface area (Å²) in [4.78, 5) is 30.6. The molecule has 0 saturated carbocycles. The molecule has 1 aliphatic rings. The van der Waals surface area contributed by atoms with Crippen LogP contribution in [0.4, 0.5) is 19.0 Å². The van der Waals surface area contributed by atoms with Crippen LogP contribution < -0.4 is 11.5 Å². The standard InChI is InChI=1S/C13H15N5O.C2HF3O2/c14-10-3-4-18(13(10)19)6-8-1-2-9-11(5-8)16-7-17-12(9)15;3-2(4,5)1(6)7/h1-2,5,7,10H,3-4,6,14H2,(H2,15,16,17);(H,6,7)/t10-;/m0./s1. The number of aliphatic carboxylic acids is 1. The summed E-state index contributed by atoms with van der Waals surface area (Å²) in [6, 6.07) is 5.42. The number of rotatable bonds is 2. The number of likely N-dealkylation sites (tertiary alicyclic amines) is 1. The molecule has 11 heteroatoms. The number of carbonyl (C=O) groups excluding carboxylic acids is 1. The van der Waals surface area contributed by atoms with Crippen molar-refractivity contribution in [1.29, 1.82) is 0 Å². The predicted octanol–water partition coefficient (Wildman–Crippen LogP) is 0.905. The Morgan fingerprint density at radius 3 is 2.54 bits per heavy atom.